The maximum atomic E-state index is 5.36. The van der Waals surface area contributed by atoms with E-state index in [9.17, 15) is 0 Å². The molecule has 0 saturated carbocycles. The molecule has 0 atom stereocenters. The van der Waals surface area contributed by atoms with Crippen molar-refractivity contribution in [3.63, 3.8) is 0 Å². The number of nitrogens with zero attached hydrogens (tertiary/aromatic N) is 5. The first kappa shape index (κ1) is 18.1. The molecule has 5 aromatic rings. The molecule has 0 fully saturated rings. The van der Waals surface area contributed by atoms with Crippen LogP contribution in [0.5, 0.6) is 11.5 Å². The number of fused-ring (bicyclic) bond motifs is 2. The van der Waals surface area contributed by atoms with Gasteiger partial charge in [0, 0.05) is 42.0 Å². The van der Waals surface area contributed by atoms with Crippen LogP contribution in [0.15, 0.2) is 67.1 Å². The molecule has 148 valence electrons. The highest BCUT2D eigenvalue weighted by Gasteiger charge is 2.13. The highest BCUT2D eigenvalue weighted by Crippen LogP contribution is 2.26. The summed E-state index contributed by atoms with van der Waals surface area (Å²) in [6.07, 6.45) is 5.90. The molecule has 7 heteroatoms. The van der Waals surface area contributed by atoms with E-state index in [1.54, 1.807) is 31.1 Å². The second-order valence-electron chi connectivity index (χ2n) is 6.89. The maximum absolute atomic E-state index is 5.36. The van der Waals surface area contributed by atoms with Crippen molar-refractivity contribution in [2.75, 3.05) is 14.2 Å². The number of hydrogen-bond acceptors (Lipinski definition) is 6. The SMILES string of the molecule is COc1cc(Cc2nc3c(-c4cnc5ccccc5c4)nccn3n2)cc(OC)c1. The molecule has 0 aliphatic heterocycles. The van der Waals surface area contributed by atoms with Gasteiger partial charge in [-0.15, -0.1) is 0 Å². The summed E-state index contributed by atoms with van der Waals surface area (Å²) in [5.74, 6) is 2.16. The second-order valence-corrected chi connectivity index (χ2v) is 6.89. The Kier molecular flexibility index (Phi) is 4.48. The van der Waals surface area contributed by atoms with Crippen molar-refractivity contribution < 1.29 is 9.47 Å². The summed E-state index contributed by atoms with van der Waals surface area (Å²) in [7, 11) is 3.27. The number of methoxy groups -OCH3 is 2. The third kappa shape index (κ3) is 3.30. The molecular weight excluding hydrogens is 378 g/mol. The number of para-hydroxylation sites is 1. The van der Waals surface area contributed by atoms with Gasteiger partial charge >= 0.3 is 0 Å². The molecule has 3 aromatic heterocycles. The normalized spacial score (nSPS) is 11.1. The minimum Gasteiger partial charge on any atom is -0.497 e. The Hall–Kier alpha value is -4.00. The zero-order valence-corrected chi connectivity index (χ0v) is 16.6. The van der Waals surface area contributed by atoms with Crippen LogP contribution >= 0.6 is 0 Å². The molecule has 0 saturated heterocycles. The molecule has 0 spiro atoms. The first-order valence-corrected chi connectivity index (χ1v) is 9.51. The summed E-state index contributed by atoms with van der Waals surface area (Å²) >= 11 is 0. The van der Waals surface area contributed by atoms with Crippen LogP contribution in [0.2, 0.25) is 0 Å². The molecule has 3 heterocycles. The minimum absolute atomic E-state index is 0.546. The molecule has 5 rings (SSSR count). The van der Waals surface area contributed by atoms with E-state index in [0.717, 1.165) is 39.2 Å². The zero-order chi connectivity index (χ0) is 20.5. The second kappa shape index (κ2) is 7.44. The topological polar surface area (TPSA) is 74.4 Å². The van der Waals surface area contributed by atoms with Gasteiger partial charge in [-0.05, 0) is 29.8 Å². The molecule has 2 aromatic carbocycles. The Morgan fingerprint density at radius 2 is 1.73 bits per heavy atom. The van der Waals surface area contributed by atoms with E-state index in [-0.39, 0.29) is 0 Å². The molecule has 0 unspecified atom stereocenters. The van der Waals surface area contributed by atoms with Gasteiger partial charge in [-0.3, -0.25) is 9.97 Å². The number of benzene rings is 2. The van der Waals surface area contributed by atoms with Gasteiger partial charge in [0.1, 0.15) is 17.2 Å². The summed E-state index contributed by atoms with van der Waals surface area (Å²) in [5, 5.41) is 5.69. The fourth-order valence-corrected chi connectivity index (χ4v) is 3.49. The molecule has 0 aliphatic rings. The molecule has 7 nitrogen and oxygen atoms in total. The lowest BCUT2D eigenvalue weighted by molar-refractivity contribution is 0.393. The number of pyridine rings is 1. The van der Waals surface area contributed by atoms with E-state index in [1.165, 1.54) is 0 Å². The van der Waals surface area contributed by atoms with Crippen molar-refractivity contribution in [2.45, 2.75) is 6.42 Å². The largest absolute Gasteiger partial charge is 0.497 e. The Labute approximate surface area is 173 Å². The van der Waals surface area contributed by atoms with Gasteiger partial charge in [-0.2, -0.15) is 5.10 Å². The van der Waals surface area contributed by atoms with E-state index in [1.807, 2.05) is 48.7 Å². The molecule has 0 N–H and O–H groups in total. The summed E-state index contributed by atoms with van der Waals surface area (Å²) in [5.41, 5.74) is 4.30. The van der Waals surface area contributed by atoms with Crippen molar-refractivity contribution in [3.8, 4) is 22.8 Å². The van der Waals surface area contributed by atoms with Crippen LogP contribution in [-0.2, 0) is 6.42 Å². The summed E-state index contributed by atoms with van der Waals surface area (Å²) in [6.45, 7) is 0. The predicted octanol–water partition coefficient (Wildman–Crippen LogP) is 3.95. The maximum Gasteiger partial charge on any atom is 0.182 e. The molecule has 0 aliphatic carbocycles. The van der Waals surface area contributed by atoms with Crippen molar-refractivity contribution in [2.24, 2.45) is 0 Å². The molecule has 0 bridgehead atoms. The highest BCUT2D eigenvalue weighted by atomic mass is 16.5. The fraction of sp³-hybridized carbons (Fsp3) is 0.130. The first-order valence-electron chi connectivity index (χ1n) is 9.51. The van der Waals surface area contributed by atoms with Crippen LogP contribution in [0.25, 0.3) is 27.8 Å². The summed E-state index contributed by atoms with van der Waals surface area (Å²) in [4.78, 5) is 13.9. The number of hydrogen-bond donors (Lipinski definition) is 0. The van der Waals surface area contributed by atoms with Gasteiger partial charge < -0.3 is 9.47 Å². The predicted molar refractivity (Wildman–Crippen MR) is 114 cm³/mol. The number of ether oxygens (including phenoxy) is 2. The van der Waals surface area contributed by atoms with Crippen molar-refractivity contribution in [1.29, 1.82) is 0 Å². The molecular formula is C23H19N5O2. The van der Waals surface area contributed by atoms with Gasteiger partial charge in [-0.25, -0.2) is 9.50 Å². The van der Waals surface area contributed by atoms with Crippen LogP contribution in [-0.4, -0.2) is 38.8 Å². The zero-order valence-electron chi connectivity index (χ0n) is 16.6. The van der Waals surface area contributed by atoms with Gasteiger partial charge in [0.05, 0.1) is 19.7 Å². The quantitative estimate of drug-likeness (QED) is 0.447. The smallest absolute Gasteiger partial charge is 0.182 e. The van der Waals surface area contributed by atoms with Crippen molar-refractivity contribution >= 4 is 16.6 Å². The summed E-state index contributed by atoms with van der Waals surface area (Å²) < 4.78 is 12.5. The molecule has 0 radical (unpaired) electrons. The standard InChI is InChI=1S/C23H19N5O2/c1-29-18-9-15(10-19(13-18)30-2)11-21-26-23-22(24-7-8-28(23)27-21)17-12-16-5-3-4-6-20(16)25-14-17/h3-10,12-14H,11H2,1-2H3. The van der Waals surface area contributed by atoms with E-state index in [4.69, 9.17) is 14.5 Å². The lowest BCUT2D eigenvalue weighted by Gasteiger charge is -2.07. The van der Waals surface area contributed by atoms with Gasteiger partial charge in [0.25, 0.3) is 0 Å². The van der Waals surface area contributed by atoms with Crippen LogP contribution in [0.4, 0.5) is 0 Å². The van der Waals surface area contributed by atoms with Crippen LogP contribution in [0.1, 0.15) is 11.4 Å². The van der Waals surface area contributed by atoms with Gasteiger partial charge in [0.2, 0.25) is 0 Å². The Balaban J connectivity index is 1.55. The third-order valence-electron chi connectivity index (χ3n) is 4.94. The first-order chi connectivity index (χ1) is 14.7. The van der Waals surface area contributed by atoms with E-state index in [0.29, 0.717) is 17.9 Å². The van der Waals surface area contributed by atoms with Crippen LogP contribution in [0.3, 0.4) is 0 Å². The lowest BCUT2D eigenvalue weighted by atomic mass is 10.1. The summed E-state index contributed by atoms with van der Waals surface area (Å²) in [6, 6.07) is 15.8. The van der Waals surface area contributed by atoms with Crippen LogP contribution < -0.4 is 9.47 Å². The minimum atomic E-state index is 0.546. The van der Waals surface area contributed by atoms with Crippen molar-refractivity contribution in [1.82, 2.24) is 24.6 Å². The van der Waals surface area contributed by atoms with E-state index >= 15 is 0 Å². The van der Waals surface area contributed by atoms with Crippen LogP contribution in [0, 0.1) is 0 Å². The Bertz CT molecular complexity index is 1340. The van der Waals surface area contributed by atoms with Gasteiger partial charge in [-0.1, -0.05) is 18.2 Å². The third-order valence-corrected chi connectivity index (χ3v) is 4.94. The van der Waals surface area contributed by atoms with E-state index < -0.39 is 0 Å². The average molecular weight is 397 g/mol. The highest BCUT2D eigenvalue weighted by molar-refractivity contribution is 5.85. The monoisotopic (exact) mass is 397 g/mol. The Morgan fingerprint density at radius 3 is 2.53 bits per heavy atom. The average Bonchev–Trinajstić information content (AvgIpc) is 3.20. The lowest BCUT2D eigenvalue weighted by Crippen LogP contribution is -1.95. The van der Waals surface area contributed by atoms with Gasteiger partial charge in [0.15, 0.2) is 11.5 Å². The molecule has 0 amide bonds. The Morgan fingerprint density at radius 1 is 0.933 bits per heavy atom. The van der Waals surface area contributed by atoms with Crippen molar-refractivity contribution in [3.05, 3.63) is 78.5 Å². The van der Waals surface area contributed by atoms with E-state index in [2.05, 4.69) is 21.1 Å². The molecule has 30 heavy (non-hydrogen) atoms. The number of aromatic nitrogens is 5. The fourth-order valence-electron chi connectivity index (χ4n) is 3.49. The number of rotatable bonds is 5.